The minimum absolute atomic E-state index is 0.00600. The Morgan fingerprint density at radius 2 is 1.73 bits per heavy atom. The predicted molar refractivity (Wildman–Crippen MR) is 107 cm³/mol. The molecule has 1 saturated carbocycles. The number of amides is 1. The molecule has 0 aliphatic heterocycles. The van der Waals surface area contributed by atoms with Gasteiger partial charge in [0, 0.05) is 12.5 Å². The number of carbonyl (C=O) groups excluding carboxylic acids is 1. The molecule has 30 heavy (non-hydrogen) atoms. The standard InChI is InChI=1S/C22H20N4O4/c27-20(28)19-11-26(25-24-19)22(9-10-22)13-23-21(29)30-12-18-16-7-3-1-5-14(16)15-6-2-4-8-17(15)18/h1-8,11,18H,9-10,12-13H2,(H,23,29)(H,27,28). The highest BCUT2D eigenvalue weighted by molar-refractivity contribution is 5.84. The van der Waals surface area contributed by atoms with Crippen LogP contribution in [0.25, 0.3) is 11.1 Å². The number of alkyl carbamates (subject to hydrolysis) is 1. The van der Waals surface area contributed by atoms with E-state index in [9.17, 15) is 9.59 Å². The molecule has 1 heterocycles. The molecule has 2 aromatic carbocycles. The topological polar surface area (TPSA) is 106 Å². The van der Waals surface area contributed by atoms with E-state index in [2.05, 4.69) is 39.9 Å². The van der Waals surface area contributed by atoms with Crippen LogP contribution >= 0.6 is 0 Å². The number of carbonyl (C=O) groups is 2. The maximum atomic E-state index is 12.4. The predicted octanol–water partition coefficient (Wildman–Crippen LogP) is 3.00. The van der Waals surface area contributed by atoms with E-state index in [0.717, 1.165) is 24.0 Å². The first kappa shape index (κ1) is 18.4. The molecule has 0 bridgehead atoms. The van der Waals surface area contributed by atoms with E-state index in [4.69, 9.17) is 9.84 Å². The smallest absolute Gasteiger partial charge is 0.407 e. The van der Waals surface area contributed by atoms with E-state index in [1.165, 1.54) is 22.0 Å². The zero-order valence-electron chi connectivity index (χ0n) is 16.1. The lowest BCUT2D eigenvalue weighted by Crippen LogP contribution is -2.36. The molecule has 2 N–H and O–H groups in total. The summed E-state index contributed by atoms with van der Waals surface area (Å²) in [4.78, 5) is 23.4. The quantitative estimate of drug-likeness (QED) is 0.654. The van der Waals surface area contributed by atoms with Gasteiger partial charge in [-0.2, -0.15) is 0 Å². The lowest BCUT2D eigenvalue weighted by Gasteiger charge is -2.17. The minimum atomic E-state index is -1.12. The summed E-state index contributed by atoms with van der Waals surface area (Å²) in [6.45, 7) is 0.561. The van der Waals surface area contributed by atoms with E-state index in [0.29, 0.717) is 6.54 Å². The zero-order chi connectivity index (χ0) is 20.7. The number of ether oxygens (including phenoxy) is 1. The first-order chi connectivity index (χ1) is 14.6. The molecular weight excluding hydrogens is 384 g/mol. The highest BCUT2D eigenvalue weighted by Crippen LogP contribution is 2.45. The van der Waals surface area contributed by atoms with Gasteiger partial charge in [0.25, 0.3) is 0 Å². The molecular formula is C22H20N4O4. The van der Waals surface area contributed by atoms with Crippen molar-refractivity contribution in [3.05, 3.63) is 71.5 Å². The summed E-state index contributed by atoms with van der Waals surface area (Å²) in [5.74, 6) is -1.12. The average molecular weight is 404 g/mol. The number of benzene rings is 2. The highest BCUT2D eigenvalue weighted by atomic mass is 16.5. The van der Waals surface area contributed by atoms with E-state index < -0.39 is 17.6 Å². The SMILES string of the molecule is O=C(NCC1(n2cc(C(=O)O)nn2)CC1)OCC1c2ccccc2-c2ccccc21. The van der Waals surface area contributed by atoms with Crippen LogP contribution in [0.15, 0.2) is 54.7 Å². The van der Waals surface area contributed by atoms with Gasteiger partial charge in [-0.25, -0.2) is 14.3 Å². The number of nitrogens with zero attached hydrogens (tertiary/aromatic N) is 3. The number of hydrogen-bond donors (Lipinski definition) is 2. The number of fused-ring (bicyclic) bond motifs is 3. The Bertz CT molecular complexity index is 1090. The Kier molecular flexibility index (Phi) is 4.27. The molecule has 152 valence electrons. The van der Waals surface area contributed by atoms with Gasteiger partial charge in [-0.15, -0.1) is 5.10 Å². The highest BCUT2D eigenvalue weighted by Gasteiger charge is 2.46. The van der Waals surface area contributed by atoms with Crippen molar-refractivity contribution in [1.29, 1.82) is 0 Å². The molecule has 2 aliphatic carbocycles. The molecule has 2 aliphatic rings. The molecule has 0 atom stereocenters. The number of carboxylic acid groups (broad SMARTS) is 1. The Hall–Kier alpha value is -3.68. The third-order valence-corrected chi connectivity index (χ3v) is 5.93. The van der Waals surface area contributed by atoms with Crippen molar-refractivity contribution in [3.63, 3.8) is 0 Å². The Balaban J connectivity index is 1.22. The van der Waals surface area contributed by atoms with Crippen LogP contribution in [0, 0.1) is 0 Å². The van der Waals surface area contributed by atoms with E-state index >= 15 is 0 Å². The second-order valence-electron chi connectivity index (χ2n) is 7.76. The summed E-state index contributed by atoms with van der Waals surface area (Å²) in [7, 11) is 0. The lowest BCUT2D eigenvalue weighted by atomic mass is 9.98. The van der Waals surface area contributed by atoms with Gasteiger partial charge >= 0.3 is 12.1 Å². The molecule has 3 aromatic rings. The van der Waals surface area contributed by atoms with Crippen molar-refractivity contribution in [2.75, 3.05) is 13.2 Å². The Morgan fingerprint density at radius 3 is 2.30 bits per heavy atom. The van der Waals surface area contributed by atoms with Crippen molar-refractivity contribution < 1.29 is 19.4 Å². The molecule has 0 radical (unpaired) electrons. The molecule has 5 rings (SSSR count). The Labute approximate surface area is 172 Å². The molecule has 0 spiro atoms. The van der Waals surface area contributed by atoms with Gasteiger partial charge in [-0.1, -0.05) is 53.7 Å². The number of aromatic nitrogens is 3. The van der Waals surface area contributed by atoms with E-state index in [1.54, 1.807) is 0 Å². The first-order valence-electron chi connectivity index (χ1n) is 9.82. The maximum absolute atomic E-state index is 12.4. The first-order valence-corrected chi connectivity index (χ1v) is 9.82. The second kappa shape index (κ2) is 6.98. The lowest BCUT2D eigenvalue weighted by molar-refractivity contribution is 0.0690. The second-order valence-corrected chi connectivity index (χ2v) is 7.76. The van der Waals surface area contributed by atoms with Crippen LogP contribution in [-0.2, 0) is 10.3 Å². The summed E-state index contributed by atoms with van der Waals surface area (Å²) in [6.07, 6.45) is 2.48. The van der Waals surface area contributed by atoms with Gasteiger partial charge in [-0.3, -0.25) is 0 Å². The largest absolute Gasteiger partial charge is 0.476 e. The van der Waals surface area contributed by atoms with Gasteiger partial charge in [0.15, 0.2) is 5.69 Å². The van der Waals surface area contributed by atoms with Crippen molar-refractivity contribution in [2.24, 2.45) is 0 Å². The van der Waals surface area contributed by atoms with Crippen LogP contribution in [-0.4, -0.2) is 45.3 Å². The van der Waals surface area contributed by atoms with Crippen molar-refractivity contribution in [2.45, 2.75) is 24.3 Å². The maximum Gasteiger partial charge on any atom is 0.407 e. The van der Waals surface area contributed by atoms with Crippen molar-refractivity contribution in [3.8, 4) is 11.1 Å². The summed E-state index contributed by atoms with van der Waals surface area (Å²) < 4.78 is 7.08. The van der Waals surface area contributed by atoms with Gasteiger partial charge in [-0.05, 0) is 35.1 Å². The van der Waals surface area contributed by atoms with Gasteiger partial charge in [0.2, 0.25) is 0 Å². The average Bonchev–Trinajstić information content (AvgIpc) is 3.25. The van der Waals surface area contributed by atoms with E-state index in [1.807, 2.05) is 24.3 Å². The van der Waals surface area contributed by atoms with Crippen LogP contribution < -0.4 is 5.32 Å². The van der Waals surface area contributed by atoms with Crippen LogP contribution in [0.4, 0.5) is 4.79 Å². The minimum Gasteiger partial charge on any atom is -0.476 e. The number of nitrogens with one attached hydrogen (secondary N) is 1. The van der Waals surface area contributed by atoms with Crippen LogP contribution in [0.1, 0.15) is 40.4 Å². The fraction of sp³-hybridized carbons (Fsp3) is 0.273. The number of carboxylic acids is 1. The third-order valence-electron chi connectivity index (χ3n) is 5.93. The number of aromatic carboxylic acids is 1. The van der Waals surface area contributed by atoms with Gasteiger partial charge < -0.3 is 15.2 Å². The fourth-order valence-electron chi connectivity index (χ4n) is 4.11. The molecule has 0 unspecified atom stereocenters. The van der Waals surface area contributed by atoms with Gasteiger partial charge in [0.1, 0.15) is 6.61 Å². The van der Waals surface area contributed by atoms with Crippen molar-refractivity contribution >= 4 is 12.1 Å². The molecule has 0 saturated heterocycles. The summed E-state index contributed by atoms with van der Waals surface area (Å²) >= 11 is 0. The number of hydrogen-bond acceptors (Lipinski definition) is 5. The van der Waals surface area contributed by atoms with Crippen LogP contribution in [0.2, 0.25) is 0 Å². The van der Waals surface area contributed by atoms with Crippen LogP contribution in [0.5, 0.6) is 0 Å². The fourth-order valence-corrected chi connectivity index (χ4v) is 4.11. The molecule has 1 aromatic heterocycles. The third kappa shape index (κ3) is 3.10. The van der Waals surface area contributed by atoms with Crippen LogP contribution in [0.3, 0.4) is 0 Å². The van der Waals surface area contributed by atoms with Crippen molar-refractivity contribution in [1.82, 2.24) is 20.3 Å². The molecule has 8 heteroatoms. The monoisotopic (exact) mass is 404 g/mol. The Morgan fingerprint density at radius 1 is 1.10 bits per heavy atom. The van der Waals surface area contributed by atoms with Gasteiger partial charge in [0.05, 0.1) is 11.7 Å². The molecule has 1 fully saturated rings. The number of rotatable bonds is 6. The molecule has 8 nitrogen and oxygen atoms in total. The van der Waals surface area contributed by atoms with E-state index in [-0.39, 0.29) is 18.2 Å². The summed E-state index contributed by atoms with van der Waals surface area (Å²) in [6, 6.07) is 16.4. The summed E-state index contributed by atoms with van der Waals surface area (Å²) in [5.41, 5.74) is 4.15. The normalized spacial score (nSPS) is 15.9. The summed E-state index contributed by atoms with van der Waals surface area (Å²) in [5, 5.41) is 19.4. The molecule has 1 amide bonds. The zero-order valence-corrected chi connectivity index (χ0v) is 16.1.